The Bertz CT molecular complexity index is 1030. The summed E-state index contributed by atoms with van der Waals surface area (Å²) in [6.07, 6.45) is 1.24. The molecule has 1 heterocycles. The van der Waals surface area contributed by atoms with Crippen LogP contribution in [0.3, 0.4) is 0 Å². The second-order valence-electron chi connectivity index (χ2n) is 5.24. The van der Waals surface area contributed by atoms with E-state index in [0.717, 1.165) is 29.3 Å². The van der Waals surface area contributed by atoms with Crippen molar-refractivity contribution in [3.8, 4) is 6.07 Å². The summed E-state index contributed by atoms with van der Waals surface area (Å²) in [6, 6.07) is 10.7. The maximum Gasteiger partial charge on any atom is 0.270 e. The first-order valence-corrected chi connectivity index (χ1v) is 7.00. The number of nitro groups is 1. The number of hydrogen-bond donors (Lipinski definition) is 1. The second kappa shape index (κ2) is 5.93. The summed E-state index contributed by atoms with van der Waals surface area (Å²) in [5.41, 5.74) is 2.26. The molecular weight excluding hydrogens is 311 g/mol. The Hall–Kier alpha value is -3.53. The Morgan fingerprint density at radius 2 is 2.17 bits per heavy atom. The Morgan fingerprint density at radius 3 is 2.88 bits per heavy atom. The van der Waals surface area contributed by atoms with Crippen LogP contribution in [0.15, 0.2) is 36.4 Å². The molecule has 7 heteroatoms. The highest BCUT2D eigenvalue weighted by Crippen LogP contribution is 2.23. The topological polar surface area (TPSA) is 95.6 Å². The number of non-ortho nitro benzene ring substituents is 1. The molecule has 0 unspecified atom stereocenters. The molecule has 0 saturated heterocycles. The van der Waals surface area contributed by atoms with Gasteiger partial charge in [0.25, 0.3) is 5.69 Å². The average Bonchev–Trinajstić information content (AvgIpc) is 2.96. The fourth-order valence-electron chi connectivity index (χ4n) is 2.32. The van der Waals surface area contributed by atoms with Gasteiger partial charge in [0.05, 0.1) is 21.5 Å². The molecule has 0 amide bonds. The van der Waals surface area contributed by atoms with Gasteiger partial charge in [0.1, 0.15) is 17.7 Å². The van der Waals surface area contributed by atoms with Gasteiger partial charge in [0, 0.05) is 17.7 Å². The monoisotopic (exact) mass is 322 g/mol. The third-order valence-corrected chi connectivity index (χ3v) is 3.50. The quantitative estimate of drug-likeness (QED) is 0.448. The van der Waals surface area contributed by atoms with Gasteiger partial charge in [-0.05, 0) is 36.8 Å². The van der Waals surface area contributed by atoms with E-state index in [9.17, 15) is 19.8 Å². The van der Waals surface area contributed by atoms with E-state index in [1.807, 2.05) is 31.2 Å². The highest BCUT2D eigenvalue weighted by atomic mass is 19.1. The third-order valence-electron chi connectivity index (χ3n) is 3.50. The van der Waals surface area contributed by atoms with Crippen molar-refractivity contribution in [1.82, 2.24) is 9.97 Å². The largest absolute Gasteiger partial charge is 0.337 e. The summed E-state index contributed by atoms with van der Waals surface area (Å²) in [4.78, 5) is 17.5. The van der Waals surface area contributed by atoms with Crippen molar-refractivity contribution in [2.75, 3.05) is 0 Å². The van der Waals surface area contributed by atoms with Gasteiger partial charge in [-0.15, -0.1) is 0 Å². The molecule has 0 aliphatic rings. The van der Waals surface area contributed by atoms with Gasteiger partial charge in [0.15, 0.2) is 0 Å². The van der Waals surface area contributed by atoms with Gasteiger partial charge in [-0.1, -0.05) is 6.07 Å². The smallest absolute Gasteiger partial charge is 0.270 e. The summed E-state index contributed by atoms with van der Waals surface area (Å²) >= 11 is 0. The van der Waals surface area contributed by atoms with E-state index in [0.29, 0.717) is 5.52 Å². The summed E-state index contributed by atoms with van der Waals surface area (Å²) in [6.45, 7) is 1.93. The molecular formula is C17H11FN4O2. The maximum absolute atomic E-state index is 13.9. The number of aromatic nitrogens is 2. The number of imidazole rings is 1. The number of rotatable bonds is 3. The molecule has 2 aromatic carbocycles. The van der Waals surface area contributed by atoms with Crippen molar-refractivity contribution in [1.29, 1.82) is 5.26 Å². The van der Waals surface area contributed by atoms with E-state index in [2.05, 4.69) is 9.97 Å². The lowest BCUT2D eigenvalue weighted by molar-refractivity contribution is -0.384. The number of nitro benzene ring substituents is 1. The van der Waals surface area contributed by atoms with Gasteiger partial charge < -0.3 is 4.98 Å². The Kier molecular flexibility index (Phi) is 3.80. The van der Waals surface area contributed by atoms with Crippen molar-refractivity contribution < 1.29 is 9.31 Å². The van der Waals surface area contributed by atoms with Crippen LogP contribution in [0.2, 0.25) is 0 Å². The zero-order valence-electron chi connectivity index (χ0n) is 12.6. The zero-order chi connectivity index (χ0) is 17.3. The molecule has 6 nitrogen and oxygen atoms in total. The highest BCUT2D eigenvalue weighted by Gasteiger charge is 2.13. The predicted molar refractivity (Wildman–Crippen MR) is 87.4 cm³/mol. The molecule has 0 saturated carbocycles. The van der Waals surface area contributed by atoms with Crippen molar-refractivity contribution in [2.24, 2.45) is 0 Å². The van der Waals surface area contributed by atoms with E-state index in [1.54, 1.807) is 0 Å². The molecule has 1 aromatic heterocycles. The third kappa shape index (κ3) is 2.85. The van der Waals surface area contributed by atoms with Crippen molar-refractivity contribution >= 4 is 28.4 Å². The van der Waals surface area contributed by atoms with Crippen LogP contribution in [0.25, 0.3) is 22.7 Å². The molecule has 1 N–H and O–H groups in total. The van der Waals surface area contributed by atoms with E-state index >= 15 is 0 Å². The van der Waals surface area contributed by atoms with Crippen LogP contribution in [-0.4, -0.2) is 14.9 Å². The first kappa shape index (κ1) is 15.4. The molecule has 3 rings (SSSR count). The van der Waals surface area contributed by atoms with Crippen LogP contribution in [0, 0.1) is 34.2 Å². The van der Waals surface area contributed by atoms with Crippen LogP contribution >= 0.6 is 0 Å². The summed E-state index contributed by atoms with van der Waals surface area (Å²) in [5.74, 6) is -0.371. The number of hydrogen-bond acceptors (Lipinski definition) is 4. The number of aromatic amines is 1. The van der Waals surface area contributed by atoms with Crippen molar-refractivity contribution in [3.05, 3.63) is 69.3 Å². The van der Waals surface area contributed by atoms with E-state index in [4.69, 9.17) is 0 Å². The van der Waals surface area contributed by atoms with Gasteiger partial charge in [0.2, 0.25) is 0 Å². The second-order valence-corrected chi connectivity index (χ2v) is 5.24. The fraction of sp³-hybridized carbons (Fsp3) is 0.0588. The molecule has 0 spiro atoms. The SMILES string of the molecule is Cc1ccc2nc(C(C#N)=Cc3cc([N+](=O)[O-])ccc3F)[nH]c2c1. The highest BCUT2D eigenvalue weighted by molar-refractivity contribution is 5.90. The molecule has 0 atom stereocenters. The Labute approximate surface area is 136 Å². The zero-order valence-corrected chi connectivity index (χ0v) is 12.6. The number of aryl methyl sites for hydroxylation is 1. The molecule has 0 bridgehead atoms. The van der Waals surface area contributed by atoms with Crippen molar-refractivity contribution in [3.63, 3.8) is 0 Å². The van der Waals surface area contributed by atoms with E-state index in [1.165, 1.54) is 6.08 Å². The Balaban J connectivity index is 2.10. The lowest BCUT2D eigenvalue weighted by Gasteiger charge is -1.99. The lowest BCUT2D eigenvalue weighted by atomic mass is 10.1. The number of H-pyrrole nitrogens is 1. The van der Waals surface area contributed by atoms with Crippen LogP contribution in [-0.2, 0) is 0 Å². The predicted octanol–water partition coefficient (Wildman–Crippen LogP) is 3.98. The molecule has 0 aliphatic heterocycles. The number of nitrogens with zero attached hydrogens (tertiary/aromatic N) is 3. The maximum atomic E-state index is 13.9. The average molecular weight is 322 g/mol. The van der Waals surface area contributed by atoms with E-state index in [-0.39, 0.29) is 22.6 Å². The van der Waals surface area contributed by atoms with Gasteiger partial charge in [-0.3, -0.25) is 10.1 Å². The molecule has 0 radical (unpaired) electrons. The van der Waals surface area contributed by atoms with Crippen LogP contribution in [0.5, 0.6) is 0 Å². The number of halogens is 1. The fourth-order valence-corrected chi connectivity index (χ4v) is 2.32. The van der Waals surface area contributed by atoms with Crippen LogP contribution in [0.4, 0.5) is 10.1 Å². The summed E-state index contributed by atoms with van der Waals surface area (Å²) < 4.78 is 13.9. The summed E-state index contributed by atoms with van der Waals surface area (Å²) in [7, 11) is 0. The number of fused-ring (bicyclic) bond motifs is 1. The molecule has 3 aromatic rings. The van der Waals surface area contributed by atoms with E-state index < -0.39 is 10.7 Å². The normalized spacial score (nSPS) is 11.5. The molecule has 0 aliphatic carbocycles. The Morgan fingerprint density at radius 1 is 1.38 bits per heavy atom. The molecule has 24 heavy (non-hydrogen) atoms. The lowest BCUT2D eigenvalue weighted by Crippen LogP contribution is -1.92. The van der Waals surface area contributed by atoms with Gasteiger partial charge in [-0.25, -0.2) is 9.37 Å². The number of benzene rings is 2. The van der Waals surface area contributed by atoms with Gasteiger partial charge >= 0.3 is 0 Å². The molecule has 0 fully saturated rings. The van der Waals surface area contributed by atoms with Crippen LogP contribution < -0.4 is 0 Å². The minimum atomic E-state index is -0.652. The number of allylic oxidation sites excluding steroid dienone is 1. The van der Waals surface area contributed by atoms with Crippen LogP contribution in [0.1, 0.15) is 17.0 Å². The standard InChI is InChI=1S/C17H11FN4O2/c1-10-2-5-15-16(6-10)21-17(20-15)12(9-19)7-11-8-13(22(23)24)3-4-14(11)18/h2-8H,1H3,(H,20,21). The minimum Gasteiger partial charge on any atom is -0.337 e. The number of nitrogens with one attached hydrogen (secondary N) is 1. The van der Waals surface area contributed by atoms with Crippen molar-refractivity contribution in [2.45, 2.75) is 6.92 Å². The van der Waals surface area contributed by atoms with Gasteiger partial charge in [-0.2, -0.15) is 5.26 Å². The minimum absolute atomic E-state index is 0.0441. The molecule has 118 valence electrons. The first-order chi connectivity index (χ1) is 11.5. The number of nitriles is 1. The summed E-state index contributed by atoms with van der Waals surface area (Å²) in [5, 5.41) is 20.2. The first-order valence-electron chi connectivity index (χ1n) is 7.00.